The van der Waals surface area contributed by atoms with E-state index in [4.69, 9.17) is 10.1 Å². The third-order valence-electron chi connectivity index (χ3n) is 1.38. The Morgan fingerprint density at radius 3 is 2.53 bits per heavy atom. The summed E-state index contributed by atoms with van der Waals surface area (Å²) in [5.41, 5.74) is 6.31. The van der Waals surface area contributed by atoms with Crippen molar-refractivity contribution in [3.63, 3.8) is 0 Å². The minimum Gasteiger partial charge on any atom is -0.468 e. The van der Waals surface area contributed by atoms with Crippen molar-refractivity contribution < 1.29 is 26.7 Å². The van der Waals surface area contributed by atoms with Gasteiger partial charge in [-0.1, -0.05) is 5.11 Å². The number of azide groups is 1. The van der Waals surface area contributed by atoms with Crippen LogP contribution in [-0.4, -0.2) is 38.2 Å². The van der Waals surface area contributed by atoms with Crippen molar-refractivity contribution in [1.29, 1.82) is 0 Å². The van der Waals surface area contributed by atoms with Crippen LogP contribution in [0.15, 0.2) is 5.11 Å². The van der Waals surface area contributed by atoms with Crippen molar-refractivity contribution in [3.05, 3.63) is 10.4 Å². The van der Waals surface area contributed by atoms with Gasteiger partial charge < -0.3 is 4.74 Å². The van der Waals surface area contributed by atoms with Crippen LogP contribution in [-0.2, 0) is 24.1 Å². The molecule has 0 rings (SSSR count). The molecule has 0 heterocycles. The third kappa shape index (κ3) is 4.61. The zero-order valence-electron chi connectivity index (χ0n) is 7.95. The maximum Gasteiger partial charge on any atom is 0.397 e. The van der Waals surface area contributed by atoms with Crippen molar-refractivity contribution in [2.24, 2.45) is 5.11 Å². The number of hydrogen-bond acceptors (Lipinski definition) is 6. The van der Waals surface area contributed by atoms with Crippen molar-refractivity contribution in [2.75, 3.05) is 13.7 Å². The number of nitrogens with zero attached hydrogens (tertiary/aromatic N) is 3. The number of rotatable bonds is 5. The Kier molecular flexibility index (Phi) is 4.49. The molecule has 0 bridgehead atoms. The molecule has 0 unspecified atom stereocenters. The quantitative estimate of drug-likeness (QED) is 0.236. The first-order chi connectivity index (χ1) is 6.75. The van der Waals surface area contributed by atoms with Crippen LogP contribution < -0.4 is 0 Å². The normalized spacial score (nSPS) is 14.9. The fourth-order valence-electron chi connectivity index (χ4n) is 0.636. The summed E-state index contributed by atoms with van der Waals surface area (Å²) >= 11 is 0. The summed E-state index contributed by atoms with van der Waals surface area (Å²) < 4.78 is 37.0. The standard InChI is InChI=1S/C5H9N3O6S/c1-5(7-8-6,4(9)13-2)3-14-15(10,11)12/h3H2,1-2H3,(H,10,11,12)/t5-/m1/s1. The van der Waals surface area contributed by atoms with Crippen LogP contribution in [0, 0.1) is 0 Å². The molecule has 1 N–H and O–H groups in total. The maximum absolute atomic E-state index is 11.1. The maximum atomic E-state index is 11.1. The van der Waals surface area contributed by atoms with E-state index >= 15 is 0 Å². The lowest BCUT2D eigenvalue weighted by Gasteiger charge is -2.18. The summed E-state index contributed by atoms with van der Waals surface area (Å²) in [7, 11) is -3.68. The van der Waals surface area contributed by atoms with Gasteiger partial charge in [-0.2, -0.15) is 8.42 Å². The monoisotopic (exact) mass is 239 g/mol. The van der Waals surface area contributed by atoms with E-state index in [1.165, 1.54) is 0 Å². The Balaban J connectivity index is 4.82. The summed E-state index contributed by atoms with van der Waals surface area (Å²) in [6.07, 6.45) is 0. The molecular weight excluding hydrogens is 230 g/mol. The molecule has 0 saturated heterocycles. The lowest BCUT2D eigenvalue weighted by molar-refractivity contribution is -0.147. The summed E-state index contributed by atoms with van der Waals surface area (Å²) in [5, 5.41) is 3.04. The topological polar surface area (TPSA) is 139 Å². The van der Waals surface area contributed by atoms with Gasteiger partial charge in [0.2, 0.25) is 0 Å². The van der Waals surface area contributed by atoms with E-state index in [-0.39, 0.29) is 0 Å². The predicted octanol–water partition coefficient (Wildman–Crippen LogP) is 0.0478. The van der Waals surface area contributed by atoms with E-state index in [0.717, 1.165) is 14.0 Å². The van der Waals surface area contributed by atoms with Crippen LogP contribution in [0.25, 0.3) is 10.4 Å². The molecule has 0 aromatic rings. The molecule has 0 aromatic carbocycles. The van der Waals surface area contributed by atoms with E-state index in [9.17, 15) is 13.2 Å². The number of methoxy groups -OCH3 is 1. The number of hydrogen-bond donors (Lipinski definition) is 1. The molecule has 0 spiro atoms. The zero-order valence-corrected chi connectivity index (χ0v) is 8.76. The zero-order chi connectivity index (χ0) is 12.1. The fourth-order valence-corrected chi connectivity index (χ4v) is 1.01. The van der Waals surface area contributed by atoms with Crippen molar-refractivity contribution in [3.8, 4) is 0 Å². The molecule has 0 aromatic heterocycles. The predicted molar refractivity (Wildman–Crippen MR) is 47.1 cm³/mol. The summed E-state index contributed by atoms with van der Waals surface area (Å²) in [6, 6.07) is 0. The van der Waals surface area contributed by atoms with Gasteiger partial charge in [0.15, 0.2) is 5.54 Å². The lowest BCUT2D eigenvalue weighted by Crippen LogP contribution is -2.39. The largest absolute Gasteiger partial charge is 0.468 e. The van der Waals surface area contributed by atoms with Crippen molar-refractivity contribution in [1.82, 2.24) is 0 Å². The highest BCUT2D eigenvalue weighted by Gasteiger charge is 2.35. The van der Waals surface area contributed by atoms with Crippen LogP contribution in [0.5, 0.6) is 0 Å². The average molecular weight is 239 g/mol. The summed E-state index contributed by atoms with van der Waals surface area (Å²) in [5.74, 6) is -0.982. The van der Waals surface area contributed by atoms with E-state index in [0.29, 0.717) is 0 Å². The highest BCUT2D eigenvalue weighted by molar-refractivity contribution is 7.80. The van der Waals surface area contributed by atoms with Crippen LogP contribution in [0.1, 0.15) is 6.92 Å². The Morgan fingerprint density at radius 2 is 2.20 bits per heavy atom. The number of carbonyl (C=O) groups is 1. The van der Waals surface area contributed by atoms with Crippen LogP contribution in [0.2, 0.25) is 0 Å². The Labute approximate surface area is 85.6 Å². The first kappa shape index (κ1) is 13.7. The van der Waals surface area contributed by atoms with Gasteiger partial charge >= 0.3 is 16.4 Å². The Bertz CT molecular complexity index is 386. The van der Waals surface area contributed by atoms with E-state index in [1.807, 2.05) is 0 Å². The van der Waals surface area contributed by atoms with Gasteiger partial charge in [-0.25, -0.2) is 4.18 Å². The Morgan fingerprint density at radius 1 is 1.67 bits per heavy atom. The van der Waals surface area contributed by atoms with Gasteiger partial charge in [-0.15, -0.1) is 0 Å². The number of ether oxygens (including phenoxy) is 1. The molecule has 15 heavy (non-hydrogen) atoms. The molecule has 0 aliphatic rings. The number of esters is 1. The lowest BCUT2D eigenvalue weighted by atomic mass is 10.1. The van der Waals surface area contributed by atoms with Gasteiger partial charge in [0.25, 0.3) is 0 Å². The fraction of sp³-hybridized carbons (Fsp3) is 0.800. The highest BCUT2D eigenvalue weighted by atomic mass is 32.3. The molecule has 10 heteroatoms. The van der Waals surface area contributed by atoms with E-state index in [2.05, 4.69) is 18.9 Å². The molecule has 1 atom stereocenters. The molecule has 0 saturated carbocycles. The van der Waals surface area contributed by atoms with Crippen LogP contribution in [0.4, 0.5) is 0 Å². The SMILES string of the molecule is COC(=O)[C@@](C)(COS(=O)(=O)O)N=[N+]=[N-]. The summed E-state index contributed by atoms with van der Waals surface area (Å²) in [4.78, 5) is 13.4. The molecular formula is C5H9N3O6S. The molecule has 86 valence electrons. The van der Waals surface area contributed by atoms with Crippen LogP contribution >= 0.6 is 0 Å². The van der Waals surface area contributed by atoms with Crippen molar-refractivity contribution in [2.45, 2.75) is 12.5 Å². The molecule has 9 nitrogen and oxygen atoms in total. The smallest absolute Gasteiger partial charge is 0.397 e. The second kappa shape index (κ2) is 4.94. The number of carbonyl (C=O) groups excluding carboxylic acids is 1. The average Bonchev–Trinajstić information content (AvgIpc) is 2.13. The molecule has 0 amide bonds. The second-order valence-corrected chi connectivity index (χ2v) is 3.74. The van der Waals surface area contributed by atoms with Crippen molar-refractivity contribution >= 4 is 16.4 Å². The van der Waals surface area contributed by atoms with E-state index < -0.39 is 28.5 Å². The first-order valence-electron chi connectivity index (χ1n) is 3.51. The van der Waals surface area contributed by atoms with Gasteiger partial charge in [0.1, 0.15) is 0 Å². The van der Waals surface area contributed by atoms with Crippen LogP contribution in [0.3, 0.4) is 0 Å². The summed E-state index contributed by atoms with van der Waals surface area (Å²) in [6.45, 7) is 0.256. The molecule has 0 aliphatic carbocycles. The van der Waals surface area contributed by atoms with Gasteiger partial charge in [0, 0.05) is 4.91 Å². The Hall–Kier alpha value is -1.35. The second-order valence-electron chi connectivity index (χ2n) is 2.64. The molecule has 0 fully saturated rings. The molecule has 0 aliphatic heterocycles. The van der Waals surface area contributed by atoms with Gasteiger partial charge in [-0.3, -0.25) is 9.35 Å². The van der Waals surface area contributed by atoms with Gasteiger partial charge in [-0.05, 0) is 12.5 Å². The highest BCUT2D eigenvalue weighted by Crippen LogP contribution is 2.14. The first-order valence-corrected chi connectivity index (χ1v) is 4.88. The third-order valence-corrected chi connectivity index (χ3v) is 1.80. The van der Waals surface area contributed by atoms with Gasteiger partial charge in [0.05, 0.1) is 13.7 Å². The minimum absolute atomic E-state index is 0.845. The molecule has 0 radical (unpaired) electrons. The van der Waals surface area contributed by atoms with E-state index in [1.54, 1.807) is 0 Å². The minimum atomic E-state index is -4.71.